The summed E-state index contributed by atoms with van der Waals surface area (Å²) in [5, 5.41) is 0. The second-order valence-electron chi connectivity index (χ2n) is 2.73. The van der Waals surface area contributed by atoms with Crippen LogP contribution in [-0.2, 0) is 4.74 Å². The maximum absolute atomic E-state index is 12.3. The highest BCUT2D eigenvalue weighted by Crippen LogP contribution is 2.12. The van der Waals surface area contributed by atoms with Gasteiger partial charge in [-0.3, -0.25) is 0 Å². The molecule has 0 unspecified atom stereocenters. The van der Waals surface area contributed by atoms with Crippen LogP contribution >= 0.6 is 15.9 Å². The Labute approximate surface area is 86.0 Å². The fraction of sp³-hybridized carbons (Fsp3) is 0.400. The summed E-state index contributed by atoms with van der Waals surface area (Å²) in [6, 6.07) is 6.49. The molecule has 1 saturated heterocycles. The monoisotopic (exact) mass is 246 g/mol. The van der Waals surface area contributed by atoms with Gasteiger partial charge >= 0.3 is 0 Å². The second kappa shape index (κ2) is 6.11. The first-order valence-corrected chi connectivity index (χ1v) is 5.08. The van der Waals surface area contributed by atoms with Crippen LogP contribution in [-0.4, -0.2) is 13.2 Å². The van der Waals surface area contributed by atoms with Crippen molar-refractivity contribution in [3.05, 3.63) is 34.6 Å². The molecule has 0 radical (unpaired) electrons. The van der Waals surface area contributed by atoms with Crippen LogP contribution in [0.2, 0.25) is 0 Å². The summed E-state index contributed by atoms with van der Waals surface area (Å²) >= 11 is 3.02. The minimum atomic E-state index is -0.215. The van der Waals surface area contributed by atoms with E-state index in [0.29, 0.717) is 4.47 Å². The van der Waals surface area contributed by atoms with E-state index in [9.17, 15) is 4.39 Å². The predicted octanol–water partition coefficient (Wildman–Crippen LogP) is 3.39. The van der Waals surface area contributed by atoms with Crippen molar-refractivity contribution in [3.63, 3.8) is 0 Å². The summed E-state index contributed by atoms with van der Waals surface area (Å²) in [6.07, 6.45) is 2.56. The summed E-state index contributed by atoms with van der Waals surface area (Å²) in [7, 11) is 0. The molecule has 3 heteroatoms. The fourth-order valence-corrected chi connectivity index (χ4v) is 1.23. The summed E-state index contributed by atoms with van der Waals surface area (Å²) in [5.41, 5.74) is 0. The Hall–Kier alpha value is -0.410. The van der Waals surface area contributed by atoms with Gasteiger partial charge in [-0.15, -0.1) is 0 Å². The predicted molar refractivity (Wildman–Crippen MR) is 54.2 cm³/mol. The number of benzene rings is 1. The van der Waals surface area contributed by atoms with Crippen LogP contribution in [0.1, 0.15) is 12.8 Å². The number of hydrogen-bond donors (Lipinski definition) is 0. The molecule has 1 heterocycles. The van der Waals surface area contributed by atoms with Gasteiger partial charge in [0.2, 0.25) is 0 Å². The van der Waals surface area contributed by atoms with Crippen molar-refractivity contribution in [3.8, 4) is 0 Å². The number of ether oxygens (including phenoxy) is 1. The normalized spacial score (nSPS) is 14.9. The average molecular weight is 247 g/mol. The van der Waals surface area contributed by atoms with Gasteiger partial charge in [0.1, 0.15) is 5.82 Å². The van der Waals surface area contributed by atoms with Crippen molar-refractivity contribution in [2.45, 2.75) is 12.8 Å². The molecule has 1 aliphatic heterocycles. The van der Waals surface area contributed by atoms with Gasteiger partial charge in [0.25, 0.3) is 0 Å². The molecule has 0 saturated carbocycles. The van der Waals surface area contributed by atoms with E-state index < -0.39 is 0 Å². The van der Waals surface area contributed by atoms with Gasteiger partial charge < -0.3 is 4.74 Å². The Morgan fingerprint density at radius 1 is 1.15 bits per heavy atom. The highest BCUT2D eigenvalue weighted by molar-refractivity contribution is 9.10. The van der Waals surface area contributed by atoms with Crippen LogP contribution in [0.5, 0.6) is 0 Å². The van der Waals surface area contributed by atoms with Crippen molar-refractivity contribution in [1.29, 1.82) is 0 Å². The van der Waals surface area contributed by atoms with Crippen LogP contribution in [0.25, 0.3) is 0 Å². The molecule has 1 fully saturated rings. The van der Waals surface area contributed by atoms with Crippen molar-refractivity contribution in [2.75, 3.05) is 13.2 Å². The molecule has 0 amide bonds. The van der Waals surface area contributed by atoms with Crippen molar-refractivity contribution in [2.24, 2.45) is 0 Å². The molecule has 1 nitrogen and oxygen atoms in total. The van der Waals surface area contributed by atoms with E-state index in [2.05, 4.69) is 15.9 Å². The highest BCUT2D eigenvalue weighted by atomic mass is 79.9. The molecule has 0 aromatic heterocycles. The van der Waals surface area contributed by atoms with Gasteiger partial charge in [0.15, 0.2) is 0 Å². The molecule has 0 spiro atoms. The van der Waals surface area contributed by atoms with Gasteiger partial charge in [-0.2, -0.15) is 0 Å². The van der Waals surface area contributed by atoms with E-state index in [1.54, 1.807) is 18.2 Å². The van der Waals surface area contributed by atoms with Crippen molar-refractivity contribution in [1.82, 2.24) is 0 Å². The van der Waals surface area contributed by atoms with Gasteiger partial charge in [-0.1, -0.05) is 12.1 Å². The topological polar surface area (TPSA) is 9.23 Å². The minimum Gasteiger partial charge on any atom is -0.381 e. The Kier molecular flexibility index (Phi) is 5.01. The first kappa shape index (κ1) is 10.7. The number of hydrogen-bond acceptors (Lipinski definition) is 1. The van der Waals surface area contributed by atoms with Crippen LogP contribution < -0.4 is 0 Å². The average Bonchev–Trinajstić information content (AvgIpc) is 2.68. The van der Waals surface area contributed by atoms with E-state index in [4.69, 9.17) is 4.74 Å². The number of halogens is 2. The molecular formula is C10H12BrFO. The molecule has 1 aliphatic rings. The SMILES string of the molecule is C1CCOC1.Fc1ccccc1Br. The zero-order valence-electron chi connectivity index (χ0n) is 7.30. The van der Waals surface area contributed by atoms with Gasteiger partial charge in [-0.05, 0) is 40.9 Å². The first-order chi connectivity index (χ1) is 6.30. The van der Waals surface area contributed by atoms with E-state index in [1.807, 2.05) is 0 Å². The molecule has 13 heavy (non-hydrogen) atoms. The standard InChI is InChI=1S/C6H4BrF.C4H8O/c7-5-3-1-2-4-6(5)8;1-2-4-5-3-1/h1-4H;1-4H2. The second-order valence-corrected chi connectivity index (χ2v) is 3.59. The minimum absolute atomic E-state index is 0.215. The third-order valence-corrected chi connectivity index (χ3v) is 2.29. The summed E-state index contributed by atoms with van der Waals surface area (Å²) < 4.78 is 17.7. The van der Waals surface area contributed by atoms with Crippen LogP contribution in [0.4, 0.5) is 4.39 Å². The maximum atomic E-state index is 12.3. The largest absolute Gasteiger partial charge is 0.381 e. The van der Waals surface area contributed by atoms with Gasteiger partial charge in [0, 0.05) is 13.2 Å². The van der Waals surface area contributed by atoms with E-state index in [1.165, 1.54) is 18.9 Å². The molecule has 72 valence electrons. The maximum Gasteiger partial charge on any atom is 0.137 e. The molecule has 1 aromatic carbocycles. The Bertz CT molecular complexity index is 220. The Morgan fingerprint density at radius 2 is 1.77 bits per heavy atom. The summed E-state index contributed by atoms with van der Waals surface area (Å²) in [5.74, 6) is -0.215. The van der Waals surface area contributed by atoms with Gasteiger partial charge in [0.05, 0.1) is 4.47 Å². The molecule has 2 rings (SSSR count). The number of rotatable bonds is 0. The molecule has 0 bridgehead atoms. The molecule has 0 atom stereocenters. The third kappa shape index (κ3) is 4.39. The molecular weight excluding hydrogens is 235 g/mol. The van der Waals surface area contributed by atoms with Crippen LogP contribution in [0, 0.1) is 5.82 Å². The van der Waals surface area contributed by atoms with Crippen LogP contribution in [0.15, 0.2) is 28.7 Å². The Balaban J connectivity index is 0.000000145. The van der Waals surface area contributed by atoms with Gasteiger partial charge in [-0.25, -0.2) is 4.39 Å². The van der Waals surface area contributed by atoms with E-state index in [0.717, 1.165) is 13.2 Å². The zero-order valence-corrected chi connectivity index (χ0v) is 8.89. The van der Waals surface area contributed by atoms with E-state index >= 15 is 0 Å². The summed E-state index contributed by atoms with van der Waals surface area (Å²) in [6.45, 7) is 2.00. The molecule has 1 aromatic rings. The lowest BCUT2D eigenvalue weighted by molar-refractivity contribution is 0.198. The first-order valence-electron chi connectivity index (χ1n) is 4.28. The van der Waals surface area contributed by atoms with Crippen LogP contribution in [0.3, 0.4) is 0 Å². The molecule has 0 aliphatic carbocycles. The van der Waals surface area contributed by atoms with Crippen molar-refractivity contribution >= 4 is 15.9 Å². The summed E-state index contributed by atoms with van der Waals surface area (Å²) in [4.78, 5) is 0. The van der Waals surface area contributed by atoms with E-state index in [-0.39, 0.29) is 5.82 Å². The van der Waals surface area contributed by atoms with Crippen molar-refractivity contribution < 1.29 is 9.13 Å². The fourth-order valence-electron chi connectivity index (χ4n) is 0.950. The smallest absolute Gasteiger partial charge is 0.137 e. The quantitative estimate of drug-likeness (QED) is 0.682. The molecule has 0 N–H and O–H groups in total. The third-order valence-electron chi connectivity index (χ3n) is 1.65. The zero-order chi connectivity index (χ0) is 9.52. The Morgan fingerprint density at radius 3 is 2.08 bits per heavy atom. The lowest BCUT2D eigenvalue weighted by Crippen LogP contribution is -1.74. The highest BCUT2D eigenvalue weighted by Gasteiger charge is 1.94. The lowest BCUT2D eigenvalue weighted by Gasteiger charge is -1.87. The lowest BCUT2D eigenvalue weighted by atomic mass is 10.4.